The SMILES string of the molecule is CC(F)(F)C(=O)N1CCC(COc2coc(CN3Cc4ccccc4C3)cc2=O)CC1. The number of benzene rings is 1. The van der Waals surface area contributed by atoms with Crippen molar-refractivity contribution < 1.29 is 22.7 Å². The fourth-order valence-electron chi connectivity index (χ4n) is 4.15. The molecule has 0 N–H and O–H groups in total. The second kappa shape index (κ2) is 8.78. The normalized spacial score (nSPS) is 17.6. The van der Waals surface area contributed by atoms with Gasteiger partial charge in [-0.3, -0.25) is 14.5 Å². The average molecular weight is 432 g/mol. The maximum absolute atomic E-state index is 13.2. The van der Waals surface area contributed by atoms with Crippen LogP contribution in [-0.4, -0.2) is 41.3 Å². The summed E-state index contributed by atoms with van der Waals surface area (Å²) in [5.41, 5.74) is 2.34. The van der Waals surface area contributed by atoms with Crippen molar-refractivity contribution >= 4 is 5.91 Å². The summed E-state index contributed by atoms with van der Waals surface area (Å²) in [7, 11) is 0. The number of nitrogens with zero attached hydrogens (tertiary/aromatic N) is 2. The second-order valence-corrected chi connectivity index (χ2v) is 8.42. The molecule has 2 aromatic rings. The first-order valence-electron chi connectivity index (χ1n) is 10.5. The number of carbonyl (C=O) groups excluding carboxylic acids is 1. The number of piperidine rings is 1. The highest BCUT2D eigenvalue weighted by molar-refractivity contribution is 5.83. The smallest absolute Gasteiger partial charge is 0.322 e. The first kappa shape index (κ1) is 21.5. The van der Waals surface area contributed by atoms with Crippen LogP contribution in [0.2, 0.25) is 0 Å². The minimum atomic E-state index is -3.35. The highest BCUT2D eigenvalue weighted by atomic mass is 19.3. The van der Waals surface area contributed by atoms with E-state index in [4.69, 9.17) is 9.15 Å². The molecule has 166 valence electrons. The molecule has 0 spiro atoms. The summed E-state index contributed by atoms with van der Waals surface area (Å²) in [5.74, 6) is -3.66. The quantitative estimate of drug-likeness (QED) is 0.700. The van der Waals surface area contributed by atoms with Crippen molar-refractivity contribution in [2.45, 2.75) is 45.3 Å². The predicted molar refractivity (Wildman–Crippen MR) is 110 cm³/mol. The monoisotopic (exact) mass is 432 g/mol. The average Bonchev–Trinajstić information content (AvgIpc) is 3.14. The lowest BCUT2D eigenvalue weighted by Gasteiger charge is -2.33. The van der Waals surface area contributed by atoms with Crippen LogP contribution in [0.5, 0.6) is 5.75 Å². The molecule has 1 amide bonds. The molecule has 2 aliphatic heterocycles. The Bertz CT molecular complexity index is 969. The summed E-state index contributed by atoms with van der Waals surface area (Å²) in [5, 5.41) is 0. The maximum atomic E-state index is 13.2. The van der Waals surface area contributed by atoms with Crippen molar-refractivity contribution in [1.82, 2.24) is 9.80 Å². The molecule has 1 aromatic carbocycles. The van der Waals surface area contributed by atoms with Gasteiger partial charge in [-0.2, -0.15) is 8.78 Å². The van der Waals surface area contributed by atoms with Crippen LogP contribution in [0.1, 0.15) is 36.7 Å². The predicted octanol–water partition coefficient (Wildman–Crippen LogP) is 3.43. The number of hydrogen-bond donors (Lipinski definition) is 0. The van der Waals surface area contributed by atoms with Crippen molar-refractivity contribution in [2.24, 2.45) is 5.92 Å². The Hall–Kier alpha value is -2.74. The van der Waals surface area contributed by atoms with Gasteiger partial charge >= 0.3 is 5.92 Å². The Morgan fingerprint density at radius 1 is 1.19 bits per heavy atom. The van der Waals surface area contributed by atoms with E-state index in [1.54, 1.807) is 0 Å². The standard InChI is InChI=1S/C23H26F2N2O4/c1-23(24,25)22(29)27-8-6-16(7-9-27)14-31-21-15-30-19(10-20(21)28)13-26-11-17-4-2-3-5-18(17)12-26/h2-5,10,15-16H,6-9,11-14H2,1H3. The van der Waals surface area contributed by atoms with Crippen LogP contribution >= 0.6 is 0 Å². The Kier molecular flexibility index (Phi) is 6.09. The topological polar surface area (TPSA) is 63.0 Å². The number of carbonyl (C=O) groups is 1. The number of halogens is 2. The number of hydrogen-bond acceptors (Lipinski definition) is 5. The fourth-order valence-corrected chi connectivity index (χ4v) is 4.15. The van der Waals surface area contributed by atoms with E-state index < -0.39 is 11.8 Å². The molecule has 1 saturated heterocycles. The van der Waals surface area contributed by atoms with Crippen LogP contribution < -0.4 is 10.2 Å². The van der Waals surface area contributed by atoms with Crippen LogP contribution in [0.25, 0.3) is 0 Å². The molecule has 0 saturated carbocycles. The molecule has 2 aliphatic rings. The van der Waals surface area contributed by atoms with Crippen LogP contribution in [0.3, 0.4) is 0 Å². The molecular weight excluding hydrogens is 406 g/mol. The van der Waals surface area contributed by atoms with E-state index >= 15 is 0 Å². The lowest BCUT2D eigenvalue weighted by Crippen LogP contribution is -2.46. The van der Waals surface area contributed by atoms with Crippen molar-refractivity contribution in [3.63, 3.8) is 0 Å². The van der Waals surface area contributed by atoms with Gasteiger partial charge in [0, 0.05) is 39.2 Å². The third kappa shape index (κ3) is 5.12. The zero-order valence-corrected chi connectivity index (χ0v) is 17.5. The molecule has 3 heterocycles. The Morgan fingerprint density at radius 3 is 2.42 bits per heavy atom. The van der Waals surface area contributed by atoms with Gasteiger partial charge in [-0.25, -0.2) is 0 Å². The third-order valence-electron chi connectivity index (χ3n) is 5.89. The van der Waals surface area contributed by atoms with Crippen LogP contribution in [-0.2, 0) is 24.4 Å². The summed E-state index contributed by atoms with van der Waals surface area (Å²) in [6.45, 7) is 3.63. The largest absolute Gasteiger partial charge is 0.486 e. The Labute approximate surface area is 179 Å². The van der Waals surface area contributed by atoms with Crippen molar-refractivity contribution in [3.05, 3.63) is 63.7 Å². The lowest BCUT2D eigenvalue weighted by molar-refractivity contribution is -0.156. The number of ether oxygens (including phenoxy) is 1. The molecule has 0 bridgehead atoms. The third-order valence-corrected chi connectivity index (χ3v) is 5.89. The van der Waals surface area contributed by atoms with Gasteiger partial charge in [0.25, 0.3) is 5.91 Å². The highest BCUT2D eigenvalue weighted by Crippen LogP contribution is 2.25. The number of fused-ring (bicyclic) bond motifs is 1. The van der Waals surface area contributed by atoms with Crippen molar-refractivity contribution in [2.75, 3.05) is 19.7 Å². The summed E-state index contributed by atoms with van der Waals surface area (Å²) >= 11 is 0. The first-order valence-corrected chi connectivity index (χ1v) is 10.5. The van der Waals surface area contributed by atoms with Gasteiger partial charge in [-0.05, 0) is 29.9 Å². The summed E-state index contributed by atoms with van der Waals surface area (Å²) < 4.78 is 37.6. The van der Waals surface area contributed by atoms with Gasteiger partial charge < -0.3 is 14.1 Å². The van der Waals surface area contributed by atoms with E-state index in [1.807, 2.05) is 12.1 Å². The zero-order valence-electron chi connectivity index (χ0n) is 17.5. The van der Waals surface area contributed by atoms with E-state index in [0.717, 1.165) is 13.1 Å². The first-order chi connectivity index (χ1) is 14.8. The van der Waals surface area contributed by atoms with Crippen LogP contribution in [0.15, 0.2) is 45.8 Å². The van der Waals surface area contributed by atoms with Gasteiger partial charge in [0.05, 0.1) is 13.2 Å². The number of alkyl halides is 2. The molecule has 1 aromatic heterocycles. The van der Waals surface area contributed by atoms with Gasteiger partial charge in [-0.1, -0.05) is 24.3 Å². The van der Waals surface area contributed by atoms with E-state index in [9.17, 15) is 18.4 Å². The molecule has 0 aliphatic carbocycles. The molecule has 0 unspecified atom stereocenters. The number of amides is 1. The molecule has 31 heavy (non-hydrogen) atoms. The summed E-state index contributed by atoms with van der Waals surface area (Å²) in [6, 6.07) is 9.72. The van der Waals surface area contributed by atoms with Gasteiger partial charge in [0.15, 0.2) is 0 Å². The van der Waals surface area contributed by atoms with Crippen LogP contribution in [0.4, 0.5) is 8.78 Å². The maximum Gasteiger partial charge on any atom is 0.322 e. The molecular formula is C23H26F2N2O4. The highest BCUT2D eigenvalue weighted by Gasteiger charge is 2.38. The molecule has 0 atom stereocenters. The van der Waals surface area contributed by atoms with E-state index in [0.29, 0.717) is 32.1 Å². The number of likely N-dealkylation sites (tertiary alicyclic amines) is 1. The zero-order chi connectivity index (χ0) is 22.0. The van der Waals surface area contributed by atoms with Gasteiger partial charge in [0.1, 0.15) is 12.0 Å². The van der Waals surface area contributed by atoms with E-state index in [-0.39, 0.29) is 36.8 Å². The van der Waals surface area contributed by atoms with Crippen LogP contribution in [0, 0.1) is 5.92 Å². The van der Waals surface area contributed by atoms with Gasteiger partial charge in [-0.15, -0.1) is 0 Å². The fraction of sp³-hybridized carbons (Fsp3) is 0.478. The van der Waals surface area contributed by atoms with E-state index in [1.165, 1.54) is 28.4 Å². The van der Waals surface area contributed by atoms with Gasteiger partial charge in [0.2, 0.25) is 11.2 Å². The minimum absolute atomic E-state index is 0.0942. The van der Waals surface area contributed by atoms with E-state index in [2.05, 4.69) is 17.0 Å². The van der Waals surface area contributed by atoms with Crippen molar-refractivity contribution in [1.29, 1.82) is 0 Å². The molecule has 4 rings (SSSR count). The second-order valence-electron chi connectivity index (χ2n) is 8.42. The summed E-state index contributed by atoms with van der Waals surface area (Å²) in [4.78, 5) is 27.5. The number of rotatable bonds is 6. The Morgan fingerprint density at radius 2 is 1.84 bits per heavy atom. The minimum Gasteiger partial charge on any atom is -0.486 e. The lowest BCUT2D eigenvalue weighted by atomic mass is 9.97. The Balaban J connectivity index is 1.26. The van der Waals surface area contributed by atoms with Crippen molar-refractivity contribution in [3.8, 4) is 5.75 Å². The molecule has 1 fully saturated rings. The molecule has 6 nitrogen and oxygen atoms in total. The molecule has 8 heteroatoms. The molecule has 0 radical (unpaired) electrons. The summed E-state index contributed by atoms with van der Waals surface area (Å²) in [6.07, 6.45) is 2.46.